The van der Waals surface area contributed by atoms with Gasteiger partial charge in [-0.25, -0.2) is 23.4 Å². The molecule has 2 N–H and O–H groups in total. The van der Waals surface area contributed by atoms with Crippen LogP contribution in [0.3, 0.4) is 0 Å². The summed E-state index contributed by atoms with van der Waals surface area (Å²) >= 11 is 6.49. The smallest absolute Gasteiger partial charge is 0.407 e. The van der Waals surface area contributed by atoms with Gasteiger partial charge >= 0.3 is 12.1 Å². The number of carboxylic acid groups (broad SMARTS) is 1. The SMILES string of the molecule is CC(C)(C)OC(=O)NCC1(c2ccccc2)Cc2c(cc(F)c(Cl)c2-c2c(C(=O)O)cnc(OCCOC3CCCCO3)c2F)O1. The summed E-state index contributed by atoms with van der Waals surface area (Å²) < 4.78 is 60.1. The number of ether oxygens (including phenoxy) is 5. The molecular weight excluding hydrogens is 626 g/mol. The first-order valence-corrected chi connectivity index (χ1v) is 15.3. The summed E-state index contributed by atoms with van der Waals surface area (Å²) in [4.78, 5) is 28.8. The number of benzene rings is 2. The molecule has 2 aromatic carbocycles. The highest BCUT2D eigenvalue weighted by Crippen LogP contribution is 2.50. The molecule has 13 heteroatoms. The lowest BCUT2D eigenvalue weighted by atomic mass is 9.85. The van der Waals surface area contributed by atoms with Gasteiger partial charge in [0, 0.05) is 42.0 Å². The molecule has 1 saturated heterocycles. The molecule has 46 heavy (non-hydrogen) atoms. The Bertz CT molecular complexity index is 1590. The third-order valence-corrected chi connectivity index (χ3v) is 7.87. The molecule has 1 aromatic heterocycles. The lowest BCUT2D eigenvalue weighted by Gasteiger charge is -2.30. The van der Waals surface area contributed by atoms with Crippen LogP contribution < -0.4 is 14.8 Å². The first kappa shape index (κ1) is 33.4. The van der Waals surface area contributed by atoms with E-state index in [2.05, 4.69) is 10.3 Å². The monoisotopic (exact) mass is 660 g/mol. The summed E-state index contributed by atoms with van der Waals surface area (Å²) in [6.07, 6.45) is 2.45. The van der Waals surface area contributed by atoms with Crippen molar-refractivity contribution in [2.24, 2.45) is 0 Å². The molecule has 0 spiro atoms. The number of carboxylic acids is 1. The van der Waals surface area contributed by atoms with Crippen molar-refractivity contribution < 1.29 is 47.2 Å². The van der Waals surface area contributed by atoms with Gasteiger partial charge in [-0.05, 0) is 45.6 Å². The van der Waals surface area contributed by atoms with Crippen molar-refractivity contribution in [2.45, 2.75) is 63.9 Å². The van der Waals surface area contributed by atoms with E-state index >= 15 is 8.78 Å². The molecule has 2 aliphatic rings. The van der Waals surface area contributed by atoms with E-state index in [1.807, 2.05) is 0 Å². The Kier molecular flexibility index (Phi) is 9.99. The van der Waals surface area contributed by atoms with Crippen molar-refractivity contribution >= 4 is 23.7 Å². The van der Waals surface area contributed by atoms with Gasteiger partial charge in [-0.1, -0.05) is 41.9 Å². The molecule has 2 atom stereocenters. The number of carbonyl (C=O) groups is 2. The maximum atomic E-state index is 16.3. The molecule has 1 fully saturated rings. The van der Waals surface area contributed by atoms with E-state index < -0.39 is 56.9 Å². The summed E-state index contributed by atoms with van der Waals surface area (Å²) in [5.41, 5.74) is -2.52. The molecule has 0 radical (unpaired) electrons. The maximum absolute atomic E-state index is 16.3. The van der Waals surface area contributed by atoms with Crippen LogP contribution in [0.15, 0.2) is 42.6 Å². The van der Waals surface area contributed by atoms with Crippen LogP contribution in [0.4, 0.5) is 13.6 Å². The molecule has 5 rings (SSSR count). The zero-order chi connectivity index (χ0) is 33.1. The van der Waals surface area contributed by atoms with Gasteiger partial charge in [0.1, 0.15) is 23.8 Å². The molecule has 3 aromatic rings. The standard InChI is InChI=1S/C33H35ClF2N2O8/c1-32(2,3)46-31(41)38-18-33(19-9-5-4-6-10-19)16-20-23(45-33)15-22(35)27(34)25(20)26-21(30(39)40)17-37-29(28(26)36)44-14-13-43-24-11-7-8-12-42-24/h4-6,9-10,15,17,24H,7-8,11-14,16,18H2,1-3H3,(H,38,41)(H,39,40). The summed E-state index contributed by atoms with van der Waals surface area (Å²) in [6.45, 7) is 5.58. The van der Waals surface area contributed by atoms with E-state index in [9.17, 15) is 14.7 Å². The maximum Gasteiger partial charge on any atom is 0.407 e. The van der Waals surface area contributed by atoms with Crippen LogP contribution in [0.25, 0.3) is 11.1 Å². The Morgan fingerprint density at radius 1 is 1.15 bits per heavy atom. The molecule has 0 saturated carbocycles. The van der Waals surface area contributed by atoms with Gasteiger partial charge in [0.25, 0.3) is 5.88 Å². The van der Waals surface area contributed by atoms with Crippen LogP contribution >= 0.6 is 11.6 Å². The summed E-state index contributed by atoms with van der Waals surface area (Å²) in [6, 6.07) is 9.92. The fraction of sp³-hybridized carbons (Fsp3) is 0.424. The molecular formula is C33H35ClF2N2O8. The number of carbonyl (C=O) groups excluding carboxylic acids is 1. The third kappa shape index (κ3) is 7.35. The van der Waals surface area contributed by atoms with Gasteiger partial charge in [-0.15, -0.1) is 0 Å². The van der Waals surface area contributed by atoms with Crippen molar-refractivity contribution in [3.63, 3.8) is 0 Å². The number of nitrogens with zero attached hydrogens (tertiary/aromatic N) is 1. The fourth-order valence-corrected chi connectivity index (χ4v) is 5.73. The Morgan fingerprint density at radius 3 is 2.59 bits per heavy atom. The van der Waals surface area contributed by atoms with Gasteiger partial charge in [-0.2, -0.15) is 0 Å². The van der Waals surface area contributed by atoms with Gasteiger partial charge in [0.15, 0.2) is 17.7 Å². The minimum absolute atomic E-state index is 0.00245. The topological polar surface area (TPSA) is 125 Å². The van der Waals surface area contributed by atoms with E-state index in [1.54, 1.807) is 51.1 Å². The second-order valence-electron chi connectivity index (χ2n) is 12.0. The number of halogens is 3. The normalized spacial score (nSPS) is 19.2. The highest BCUT2D eigenvalue weighted by atomic mass is 35.5. The third-order valence-electron chi connectivity index (χ3n) is 7.50. The van der Waals surface area contributed by atoms with Crippen LogP contribution in [0.5, 0.6) is 11.6 Å². The molecule has 3 heterocycles. The number of aromatic carboxylic acids is 1. The number of nitrogens with one attached hydrogen (secondary N) is 1. The summed E-state index contributed by atoms with van der Waals surface area (Å²) in [5.74, 6) is -4.13. The largest absolute Gasteiger partial charge is 0.480 e. The van der Waals surface area contributed by atoms with Gasteiger partial charge in [0.05, 0.1) is 23.7 Å². The zero-order valence-corrected chi connectivity index (χ0v) is 26.4. The Labute approximate surface area is 269 Å². The predicted octanol–water partition coefficient (Wildman–Crippen LogP) is 6.66. The van der Waals surface area contributed by atoms with Crippen molar-refractivity contribution in [1.29, 1.82) is 0 Å². The summed E-state index contributed by atoms with van der Waals surface area (Å²) in [7, 11) is 0. The Morgan fingerprint density at radius 2 is 1.91 bits per heavy atom. The molecule has 246 valence electrons. The van der Waals surface area contributed by atoms with Gasteiger partial charge in [-0.3, -0.25) is 0 Å². The molecule has 2 unspecified atom stereocenters. The second-order valence-corrected chi connectivity index (χ2v) is 12.4. The minimum Gasteiger partial charge on any atom is -0.480 e. The quantitative estimate of drug-likeness (QED) is 0.230. The number of amides is 1. The van der Waals surface area contributed by atoms with Crippen molar-refractivity contribution in [3.8, 4) is 22.8 Å². The van der Waals surface area contributed by atoms with Crippen LogP contribution in [0.2, 0.25) is 5.02 Å². The lowest BCUT2D eigenvalue weighted by molar-refractivity contribution is -0.165. The van der Waals surface area contributed by atoms with Gasteiger partial charge in [0.2, 0.25) is 0 Å². The fourth-order valence-electron chi connectivity index (χ4n) is 5.47. The van der Waals surface area contributed by atoms with Crippen molar-refractivity contribution in [1.82, 2.24) is 10.3 Å². The minimum atomic E-state index is -1.51. The first-order valence-electron chi connectivity index (χ1n) is 14.9. The molecule has 0 aliphatic carbocycles. The van der Waals surface area contributed by atoms with Crippen LogP contribution in [0, 0.1) is 11.6 Å². The number of fused-ring (bicyclic) bond motifs is 1. The van der Waals surface area contributed by atoms with E-state index in [-0.39, 0.29) is 49.3 Å². The molecule has 1 amide bonds. The molecule has 0 bridgehead atoms. The van der Waals surface area contributed by atoms with E-state index in [0.717, 1.165) is 31.5 Å². The van der Waals surface area contributed by atoms with Crippen LogP contribution in [0.1, 0.15) is 61.5 Å². The number of alkyl carbamates (subject to hydrolysis) is 1. The molecule has 10 nitrogen and oxygen atoms in total. The zero-order valence-electron chi connectivity index (χ0n) is 25.7. The number of hydrogen-bond donors (Lipinski definition) is 2. The van der Waals surface area contributed by atoms with E-state index in [4.69, 9.17) is 35.3 Å². The van der Waals surface area contributed by atoms with Crippen LogP contribution in [-0.2, 0) is 26.2 Å². The predicted molar refractivity (Wildman–Crippen MR) is 163 cm³/mol. The van der Waals surface area contributed by atoms with Gasteiger partial charge < -0.3 is 34.1 Å². The van der Waals surface area contributed by atoms with E-state index in [0.29, 0.717) is 12.2 Å². The van der Waals surface area contributed by atoms with Crippen molar-refractivity contribution in [3.05, 3.63) is 75.9 Å². The molecule has 2 aliphatic heterocycles. The summed E-state index contributed by atoms with van der Waals surface area (Å²) in [5, 5.41) is 12.2. The lowest BCUT2D eigenvalue weighted by Crippen LogP contribution is -2.45. The van der Waals surface area contributed by atoms with Crippen molar-refractivity contribution in [2.75, 3.05) is 26.4 Å². The second kappa shape index (κ2) is 13.8. The average molecular weight is 661 g/mol. The average Bonchev–Trinajstić information content (AvgIpc) is 3.39. The highest BCUT2D eigenvalue weighted by Gasteiger charge is 2.45. The Hall–Kier alpha value is -4.00. The number of pyridine rings is 1. The Balaban J connectivity index is 1.51. The first-order chi connectivity index (χ1) is 21.9. The number of rotatable bonds is 10. The van der Waals surface area contributed by atoms with Crippen LogP contribution in [-0.4, -0.2) is 60.4 Å². The van der Waals surface area contributed by atoms with E-state index in [1.165, 1.54) is 0 Å². The number of aromatic nitrogens is 1. The number of hydrogen-bond acceptors (Lipinski definition) is 8. The highest BCUT2D eigenvalue weighted by molar-refractivity contribution is 6.34.